The maximum Gasteiger partial charge on any atom is 0.417 e. The molecule has 1 saturated heterocycles. The van der Waals surface area contributed by atoms with Gasteiger partial charge in [-0.2, -0.15) is 13.2 Å². The summed E-state index contributed by atoms with van der Waals surface area (Å²) in [5.41, 5.74) is 4.15. The van der Waals surface area contributed by atoms with Gasteiger partial charge in [0.15, 0.2) is 9.84 Å². The Morgan fingerprint density at radius 2 is 1.90 bits per heavy atom. The molecular formula is C19H24F3N5O3S. The van der Waals surface area contributed by atoms with Gasteiger partial charge in [-0.05, 0) is 32.9 Å². The highest BCUT2D eigenvalue weighted by Gasteiger charge is 2.38. The molecular weight excluding hydrogens is 435 g/mol. The van der Waals surface area contributed by atoms with E-state index in [0.717, 1.165) is 18.5 Å². The van der Waals surface area contributed by atoms with Crippen LogP contribution in [0, 0.1) is 0 Å². The second-order valence-corrected chi connectivity index (χ2v) is 10.6. The van der Waals surface area contributed by atoms with Crippen molar-refractivity contribution in [2.45, 2.75) is 37.7 Å². The van der Waals surface area contributed by atoms with Crippen LogP contribution in [0.2, 0.25) is 0 Å². The number of morpholine rings is 1. The van der Waals surface area contributed by atoms with Crippen LogP contribution in [-0.4, -0.2) is 55.4 Å². The Bertz CT molecular complexity index is 1090. The third-order valence-electron chi connectivity index (χ3n) is 5.39. The lowest BCUT2D eigenvalue weighted by Gasteiger charge is -2.34. The molecule has 0 saturated carbocycles. The molecule has 31 heavy (non-hydrogen) atoms. The fourth-order valence-electron chi connectivity index (χ4n) is 3.13. The lowest BCUT2D eigenvalue weighted by Crippen LogP contribution is -2.45. The minimum absolute atomic E-state index is 0.0821. The van der Waals surface area contributed by atoms with Crippen LogP contribution in [0.3, 0.4) is 0 Å². The summed E-state index contributed by atoms with van der Waals surface area (Å²) in [5.74, 6) is -0.159. The second-order valence-electron chi connectivity index (χ2n) is 7.99. The number of halogens is 3. The molecule has 1 atom stereocenters. The van der Waals surface area contributed by atoms with Crippen LogP contribution in [0.5, 0.6) is 0 Å². The van der Waals surface area contributed by atoms with Crippen molar-refractivity contribution in [3.8, 4) is 11.3 Å². The maximum atomic E-state index is 13.7. The van der Waals surface area contributed by atoms with Gasteiger partial charge >= 0.3 is 6.18 Å². The predicted octanol–water partition coefficient (Wildman–Crippen LogP) is 2.64. The van der Waals surface area contributed by atoms with Crippen molar-refractivity contribution in [1.29, 1.82) is 0 Å². The summed E-state index contributed by atoms with van der Waals surface area (Å²) in [6, 6.07) is 1.85. The van der Waals surface area contributed by atoms with Crippen molar-refractivity contribution in [3.63, 3.8) is 0 Å². The molecule has 2 N–H and O–H groups in total. The minimum Gasteiger partial charge on any atom is -0.384 e. The van der Waals surface area contributed by atoms with Crippen LogP contribution in [0.1, 0.15) is 32.0 Å². The Hall–Kier alpha value is -2.47. The summed E-state index contributed by atoms with van der Waals surface area (Å²) in [5, 5.41) is 0. The van der Waals surface area contributed by atoms with Gasteiger partial charge < -0.3 is 15.4 Å². The first-order valence-corrected chi connectivity index (χ1v) is 11.4. The van der Waals surface area contributed by atoms with E-state index in [1.807, 2.05) is 6.92 Å². The van der Waals surface area contributed by atoms with Crippen LogP contribution in [0.25, 0.3) is 11.3 Å². The number of nitrogens with two attached hydrogens (primary N) is 1. The molecule has 1 aliphatic rings. The number of hydrogen-bond acceptors (Lipinski definition) is 8. The number of sulfone groups is 1. The highest BCUT2D eigenvalue weighted by Crippen LogP contribution is 2.39. The van der Waals surface area contributed by atoms with Gasteiger partial charge in [-0.25, -0.2) is 23.4 Å². The van der Waals surface area contributed by atoms with E-state index in [1.165, 1.54) is 19.9 Å². The number of anilines is 2. The topological polar surface area (TPSA) is 111 Å². The van der Waals surface area contributed by atoms with E-state index in [9.17, 15) is 21.6 Å². The minimum atomic E-state index is -4.71. The summed E-state index contributed by atoms with van der Waals surface area (Å²) in [4.78, 5) is 14.4. The monoisotopic (exact) mass is 459 g/mol. The molecule has 3 heterocycles. The molecule has 0 radical (unpaired) electrons. The van der Waals surface area contributed by atoms with E-state index in [2.05, 4.69) is 15.0 Å². The Morgan fingerprint density at radius 1 is 1.23 bits per heavy atom. The zero-order valence-corrected chi connectivity index (χ0v) is 18.4. The van der Waals surface area contributed by atoms with Crippen molar-refractivity contribution >= 4 is 21.6 Å². The highest BCUT2D eigenvalue weighted by atomic mass is 32.2. The molecule has 0 aliphatic carbocycles. The molecule has 1 fully saturated rings. The van der Waals surface area contributed by atoms with Crippen molar-refractivity contribution in [2.24, 2.45) is 0 Å². The summed E-state index contributed by atoms with van der Waals surface area (Å²) in [6.45, 7) is 5.95. The van der Waals surface area contributed by atoms with Crippen molar-refractivity contribution < 1.29 is 26.3 Å². The van der Waals surface area contributed by atoms with Gasteiger partial charge in [-0.3, -0.25) is 0 Å². The molecule has 170 valence electrons. The summed E-state index contributed by atoms with van der Waals surface area (Å²) in [7, 11) is -3.65. The molecule has 2 aromatic heterocycles. The van der Waals surface area contributed by atoms with Crippen LogP contribution >= 0.6 is 0 Å². The summed E-state index contributed by atoms with van der Waals surface area (Å²) < 4.78 is 69.9. The van der Waals surface area contributed by atoms with E-state index in [4.69, 9.17) is 10.5 Å². The molecule has 0 unspecified atom stereocenters. The van der Waals surface area contributed by atoms with Crippen LogP contribution in [0.4, 0.5) is 24.9 Å². The number of rotatable bonds is 4. The molecule has 1 aliphatic heterocycles. The number of nitrogen functional groups attached to an aromatic ring is 1. The number of ether oxygens (including phenoxy) is 1. The Morgan fingerprint density at radius 3 is 2.48 bits per heavy atom. The molecule has 0 amide bonds. The molecule has 0 bridgehead atoms. The molecule has 12 heteroatoms. The first-order chi connectivity index (χ1) is 14.2. The van der Waals surface area contributed by atoms with E-state index in [0.29, 0.717) is 19.8 Å². The first kappa shape index (κ1) is 23.2. The predicted molar refractivity (Wildman–Crippen MR) is 110 cm³/mol. The normalized spacial score (nSPS) is 18.3. The third-order valence-corrected chi connectivity index (χ3v) is 7.45. The van der Waals surface area contributed by atoms with Crippen LogP contribution in [-0.2, 0) is 25.5 Å². The van der Waals surface area contributed by atoms with Crippen LogP contribution < -0.4 is 10.6 Å². The van der Waals surface area contributed by atoms with E-state index >= 15 is 0 Å². The smallest absolute Gasteiger partial charge is 0.384 e. The fourth-order valence-corrected chi connectivity index (χ4v) is 3.62. The highest BCUT2D eigenvalue weighted by molar-refractivity contribution is 7.91. The summed E-state index contributed by atoms with van der Waals surface area (Å²) >= 11 is 0. The van der Waals surface area contributed by atoms with Crippen molar-refractivity contribution in [3.05, 3.63) is 29.6 Å². The standard InChI is InChI=1S/C19H24F3N5O3S/c1-11-10-30-6-5-27(11)17-25-14(8-15(26-17)18(2,3)31(4,28)29)12-9-24-16(23)7-13(12)19(20,21)22/h7-9,11H,5-6,10H2,1-4H3,(H2,23,24)/t11-/m0/s1. The maximum absolute atomic E-state index is 13.7. The largest absolute Gasteiger partial charge is 0.417 e. The SMILES string of the molecule is C[C@H]1COCCN1c1nc(-c2cnc(N)cc2C(F)(F)F)cc(C(C)(C)S(C)(=O)=O)n1. The van der Waals surface area contributed by atoms with Gasteiger partial charge in [-0.15, -0.1) is 0 Å². The Balaban J connectivity index is 2.29. The zero-order chi connectivity index (χ0) is 23.2. The average molecular weight is 459 g/mol. The van der Waals surface area contributed by atoms with Gasteiger partial charge in [0.1, 0.15) is 10.6 Å². The lowest BCUT2D eigenvalue weighted by atomic mass is 10.0. The van der Waals surface area contributed by atoms with Gasteiger partial charge in [0, 0.05) is 24.6 Å². The molecule has 8 nitrogen and oxygen atoms in total. The average Bonchev–Trinajstić information content (AvgIpc) is 2.66. The van der Waals surface area contributed by atoms with Crippen LogP contribution in [0.15, 0.2) is 18.3 Å². The lowest BCUT2D eigenvalue weighted by molar-refractivity contribution is -0.137. The van der Waals surface area contributed by atoms with E-state index in [1.54, 1.807) is 4.90 Å². The first-order valence-electron chi connectivity index (χ1n) is 9.48. The Labute approximate surface area is 178 Å². The van der Waals surface area contributed by atoms with E-state index < -0.39 is 26.3 Å². The quantitative estimate of drug-likeness (QED) is 0.743. The van der Waals surface area contributed by atoms with E-state index in [-0.39, 0.29) is 34.8 Å². The van der Waals surface area contributed by atoms with Gasteiger partial charge in [-0.1, -0.05) is 0 Å². The van der Waals surface area contributed by atoms with Gasteiger partial charge in [0.05, 0.1) is 36.2 Å². The van der Waals surface area contributed by atoms with Crippen molar-refractivity contribution in [1.82, 2.24) is 15.0 Å². The molecule has 3 rings (SSSR count). The second kappa shape index (κ2) is 7.90. The summed E-state index contributed by atoms with van der Waals surface area (Å²) in [6.07, 6.45) is -2.67. The Kier molecular flexibility index (Phi) is 5.91. The number of alkyl halides is 3. The number of aromatic nitrogens is 3. The number of hydrogen-bond donors (Lipinski definition) is 1. The number of nitrogens with zero attached hydrogens (tertiary/aromatic N) is 4. The molecule has 2 aromatic rings. The van der Waals surface area contributed by atoms with Gasteiger partial charge in [0.25, 0.3) is 0 Å². The van der Waals surface area contributed by atoms with Gasteiger partial charge in [0.2, 0.25) is 5.95 Å². The number of pyridine rings is 1. The third kappa shape index (κ3) is 4.59. The fraction of sp³-hybridized carbons (Fsp3) is 0.526. The molecule has 0 spiro atoms. The molecule has 0 aromatic carbocycles. The zero-order valence-electron chi connectivity index (χ0n) is 17.6. The van der Waals surface area contributed by atoms with Crippen molar-refractivity contribution in [2.75, 3.05) is 36.6 Å².